The second-order valence-corrected chi connectivity index (χ2v) is 21.2. The Labute approximate surface area is 302 Å². The summed E-state index contributed by atoms with van der Waals surface area (Å²) in [4.78, 5) is 2.48. The third kappa shape index (κ3) is 4.08. The van der Waals surface area contributed by atoms with Gasteiger partial charge >= 0.3 is 0 Å². The summed E-state index contributed by atoms with van der Waals surface area (Å²) in [5.74, 6) is 0. The summed E-state index contributed by atoms with van der Waals surface area (Å²) in [5, 5.41) is 1.47. The highest BCUT2D eigenvalue weighted by molar-refractivity contribution is 6.88. The topological polar surface area (TPSA) is 3.24 Å². The minimum Gasteiger partial charge on any atom is -0.310 e. The van der Waals surface area contributed by atoms with E-state index in [0.29, 0.717) is 0 Å². The number of hydrogen-bond acceptors (Lipinski definition) is 1. The predicted molar refractivity (Wildman–Crippen MR) is 218 cm³/mol. The first-order valence-corrected chi connectivity index (χ1v) is 21.8. The molecule has 0 N–H and O–H groups in total. The zero-order chi connectivity index (χ0) is 34.7. The molecule has 3 aliphatic rings. The van der Waals surface area contributed by atoms with E-state index < -0.39 is 8.07 Å². The summed E-state index contributed by atoms with van der Waals surface area (Å²) in [6.45, 7) is 12.0. The Morgan fingerprint density at radius 2 is 0.784 bits per heavy atom. The van der Waals surface area contributed by atoms with Crippen molar-refractivity contribution in [1.29, 1.82) is 0 Å². The molecule has 246 valence electrons. The molecule has 0 saturated heterocycles. The standard InChI is InChI=1S/C49H41NSi/c1-48(2)42-18-10-6-14-36(42)40-28-24-34(31-47(40)48)50(32-22-26-35(27-23-32)51(3,4)5)33-25-29-46-41(30-33)39-17-9-13-21-45(39)49(46)43-19-11-7-15-37(43)38-16-8-12-20-44(38)49/h6-31H,1-5H3. The van der Waals surface area contributed by atoms with E-state index in [1.54, 1.807) is 0 Å². The molecule has 2 heteroatoms. The van der Waals surface area contributed by atoms with E-state index in [-0.39, 0.29) is 10.8 Å². The molecular formula is C49H41NSi. The van der Waals surface area contributed by atoms with Gasteiger partial charge in [-0.05, 0) is 103 Å². The summed E-state index contributed by atoms with van der Waals surface area (Å²) in [5.41, 5.74) is 19.4. The maximum Gasteiger partial charge on any atom is 0.0775 e. The van der Waals surface area contributed by atoms with E-state index in [1.165, 1.54) is 89.0 Å². The lowest BCUT2D eigenvalue weighted by molar-refractivity contribution is 0.660. The summed E-state index contributed by atoms with van der Waals surface area (Å²) >= 11 is 0. The fourth-order valence-corrected chi connectivity index (χ4v) is 10.8. The fourth-order valence-electron chi connectivity index (χ4n) is 9.62. The molecular weight excluding hydrogens is 631 g/mol. The van der Waals surface area contributed by atoms with E-state index in [9.17, 15) is 0 Å². The van der Waals surface area contributed by atoms with E-state index in [2.05, 4.69) is 196 Å². The van der Waals surface area contributed by atoms with Crippen LogP contribution in [0.4, 0.5) is 17.1 Å². The van der Waals surface area contributed by atoms with E-state index in [1.807, 2.05) is 0 Å². The lowest BCUT2D eigenvalue weighted by Gasteiger charge is -2.31. The van der Waals surface area contributed by atoms with Gasteiger partial charge in [0.1, 0.15) is 0 Å². The SMILES string of the molecule is CC1(C)c2ccccc2-c2ccc(N(c3ccc([Si](C)(C)C)cc3)c3ccc4c(c3)-c3ccccc3C43c4ccccc4-c4ccccc43)cc21. The van der Waals surface area contributed by atoms with Crippen molar-refractivity contribution in [3.05, 3.63) is 191 Å². The van der Waals surface area contributed by atoms with Crippen LogP contribution in [0.5, 0.6) is 0 Å². The minimum absolute atomic E-state index is 0.0815. The van der Waals surface area contributed by atoms with Crippen LogP contribution in [0.15, 0.2) is 158 Å². The molecule has 0 aliphatic heterocycles. The molecule has 0 heterocycles. The number of anilines is 3. The van der Waals surface area contributed by atoms with E-state index in [0.717, 1.165) is 0 Å². The lowest BCUT2D eigenvalue weighted by atomic mass is 9.70. The number of hydrogen-bond donors (Lipinski definition) is 0. The van der Waals surface area contributed by atoms with E-state index in [4.69, 9.17) is 0 Å². The van der Waals surface area contributed by atoms with Crippen LogP contribution in [-0.4, -0.2) is 8.07 Å². The molecule has 7 aromatic carbocycles. The third-order valence-electron chi connectivity index (χ3n) is 12.1. The van der Waals surface area contributed by atoms with Gasteiger partial charge in [0.05, 0.1) is 13.5 Å². The van der Waals surface area contributed by atoms with Crippen LogP contribution in [0, 0.1) is 0 Å². The summed E-state index contributed by atoms with van der Waals surface area (Å²) in [6, 6.07) is 59.9. The first-order valence-electron chi connectivity index (χ1n) is 18.3. The fraction of sp³-hybridized carbons (Fsp3) is 0.143. The van der Waals surface area contributed by atoms with Crippen molar-refractivity contribution in [2.45, 2.75) is 44.3 Å². The van der Waals surface area contributed by atoms with Crippen molar-refractivity contribution in [3.63, 3.8) is 0 Å². The van der Waals surface area contributed by atoms with Crippen molar-refractivity contribution in [3.8, 4) is 33.4 Å². The van der Waals surface area contributed by atoms with Crippen LogP contribution in [-0.2, 0) is 10.8 Å². The van der Waals surface area contributed by atoms with Gasteiger partial charge in [0.15, 0.2) is 0 Å². The molecule has 0 fully saturated rings. The molecule has 0 amide bonds. The highest BCUT2D eigenvalue weighted by Crippen LogP contribution is 2.63. The number of rotatable bonds is 4. The highest BCUT2D eigenvalue weighted by Gasteiger charge is 2.51. The maximum absolute atomic E-state index is 2.48. The average Bonchev–Trinajstić information content (AvgIpc) is 3.70. The van der Waals surface area contributed by atoms with Gasteiger partial charge in [-0.15, -0.1) is 0 Å². The Morgan fingerprint density at radius 3 is 1.35 bits per heavy atom. The molecule has 3 aliphatic carbocycles. The predicted octanol–water partition coefficient (Wildman–Crippen LogP) is 12.4. The molecule has 1 nitrogen and oxygen atoms in total. The van der Waals surface area contributed by atoms with E-state index >= 15 is 0 Å². The van der Waals surface area contributed by atoms with Gasteiger partial charge in [-0.2, -0.15) is 0 Å². The molecule has 0 aromatic heterocycles. The van der Waals surface area contributed by atoms with Gasteiger partial charge in [0.2, 0.25) is 0 Å². The molecule has 0 atom stereocenters. The summed E-state index contributed by atoms with van der Waals surface area (Å²) in [6.07, 6.45) is 0. The van der Waals surface area contributed by atoms with Crippen LogP contribution in [0.3, 0.4) is 0 Å². The monoisotopic (exact) mass is 671 g/mol. The highest BCUT2D eigenvalue weighted by atomic mass is 28.3. The first-order chi connectivity index (χ1) is 24.7. The largest absolute Gasteiger partial charge is 0.310 e. The van der Waals surface area contributed by atoms with Crippen molar-refractivity contribution >= 4 is 30.3 Å². The average molecular weight is 672 g/mol. The van der Waals surface area contributed by atoms with Crippen LogP contribution >= 0.6 is 0 Å². The first kappa shape index (κ1) is 30.4. The summed E-state index contributed by atoms with van der Waals surface area (Å²) in [7, 11) is -1.47. The Kier molecular flexibility index (Phi) is 6.28. The Morgan fingerprint density at radius 1 is 0.373 bits per heavy atom. The molecule has 7 aromatic rings. The summed E-state index contributed by atoms with van der Waals surface area (Å²) < 4.78 is 0. The second kappa shape index (κ2) is 10.5. The normalized spacial score (nSPS) is 15.1. The zero-order valence-corrected chi connectivity index (χ0v) is 31.0. The molecule has 0 unspecified atom stereocenters. The van der Waals surface area contributed by atoms with Gasteiger partial charge in [-0.1, -0.05) is 160 Å². The molecule has 0 bridgehead atoms. The number of nitrogens with zero attached hydrogens (tertiary/aromatic N) is 1. The van der Waals surface area contributed by atoms with Crippen molar-refractivity contribution < 1.29 is 0 Å². The Hall–Kier alpha value is -5.44. The quantitative estimate of drug-likeness (QED) is 0.168. The van der Waals surface area contributed by atoms with Crippen molar-refractivity contribution in [2.75, 3.05) is 4.90 Å². The van der Waals surface area contributed by atoms with Crippen LogP contribution in [0.2, 0.25) is 19.6 Å². The Balaban J connectivity index is 1.20. The van der Waals surface area contributed by atoms with Crippen LogP contribution < -0.4 is 10.1 Å². The molecule has 0 radical (unpaired) electrons. The second-order valence-electron chi connectivity index (χ2n) is 16.1. The van der Waals surface area contributed by atoms with Gasteiger partial charge in [-0.25, -0.2) is 0 Å². The minimum atomic E-state index is -1.47. The molecule has 10 rings (SSSR count). The van der Waals surface area contributed by atoms with Crippen molar-refractivity contribution in [2.24, 2.45) is 0 Å². The molecule has 0 saturated carbocycles. The molecule has 51 heavy (non-hydrogen) atoms. The van der Waals surface area contributed by atoms with Gasteiger partial charge in [-0.3, -0.25) is 0 Å². The van der Waals surface area contributed by atoms with Crippen LogP contribution in [0.1, 0.15) is 47.2 Å². The lowest BCUT2D eigenvalue weighted by Crippen LogP contribution is -2.37. The van der Waals surface area contributed by atoms with Gasteiger partial charge in [0, 0.05) is 22.5 Å². The number of benzene rings is 7. The molecule has 1 spiro atoms. The Bertz CT molecular complexity index is 2500. The van der Waals surface area contributed by atoms with Gasteiger partial charge in [0.25, 0.3) is 0 Å². The van der Waals surface area contributed by atoms with Crippen molar-refractivity contribution in [1.82, 2.24) is 0 Å². The third-order valence-corrected chi connectivity index (χ3v) is 14.1. The smallest absolute Gasteiger partial charge is 0.0775 e. The van der Waals surface area contributed by atoms with Gasteiger partial charge < -0.3 is 4.90 Å². The zero-order valence-electron chi connectivity index (χ0n) is 30.0. The van der Waals surface area contributed by atoms with Crippen LogP contribution in [0.25, 0.3) is 33.4 Å². The number of fused-ring (bicyclic) bond motifs is 13. The maximum atomic E-state index is 2.48.